The van der Waals surface area contributed by atoms with Crippen LogP contribution in [0.4, 0.5) is 24.5 Å². The average Bonchev–Trinajstić information content (AvgIpc) is 3.53. The molecule has 0 aliphatic heterocycles. The molecule has 0 unspecified atom stereocenters. The Bertz CT molecular complexity index is 1690. The van der Waals surface area contributed by atoms with Crippen LogP contribution in [0, 0.1) is 10.1 Å². The number of hydrogen-bond donors (Lipinski definition) is 1. The highest BCUT2D eigenvalue weighted by Gasteiger charge is 2.36. The fraction of sp³-hybridized carbons (Fsp3) is 0.0435. The van der Waals surface area contributed by atoms with E-state index in [1.807, 2.05) is 0 Å². The third-order valence-corrected chi connectivity index (χ3v) is 6.10. The molecule has 1 N–H and O–H groups in total. The summed E-state index contributed by atoms with van der Waals surface area (Å²) in [5.41, 5.74) is -1.65. The van der Waals surface area contributed by atoms with Crippen LogP contribution in [0.3, 0.4) is 0 Å². The van der Waals surface area contributed by atoms with E-state index in [-0.39, 0.29) is 22.9 Å². The monoisotopic (exact) mass is 560 g/mol. The third-order valence-electron chi connectivity index (χ3n) is 4.97. The van der Waals surface area contributed by atoms with E-state index in [0.717, 1.165) is 18.2 Å². The highest BCUT2D eigenvalue weighted by Crippen LogP contribution is 2.34. The number of carbonyl (C=O) groups excluding carboxylic acids is 1. The number of halogens is 4. The molecule has 1 amide bonds. The zero-order valence-electron chi connectivity index (χ0n) is 18.6. The van der Waals surface area contributed by atoms with Crippen molar-refractivity contribution in [3.63, 3.8) is 0 Å². The standard InChI is InChI=1S/C23H12ClF3N6O4S/c24-12-3-1-4-15(7-12)37-16-9-13(8-14(10-16)33(35)36)28-21(34)20-30-22-29-17(18-5-2-6-38-18)11-19(23(25,26)27)32(22)31-20/h1-11H,(H,28,34). The largest absolute Gasteiger partial charge is 0.457 e. The van der Waals surface area contributed by atoms with Crippen LogP contribution in [0.2, 0.25) is 5.02 Å². The van der Waals surface area contributed by atoms with Crippen LogP contribution in [0.15, 0.2) is 66.0 Å². The molecule has 0 radical (unpaired) electrons. The molecule has 192 valence electrons. The molecule has 3 aromatic heterocycles. The van der Waals surface area contributed by atoms with Gasteiger partial charge in [-0.2, -0.15) is 22.7 Å². The molecule has 2 aromatic carbocycles. The molecule has 5 rings (SSSR count). The number of nitro groups is 1. The van der Waals surface area contributed by atoms with E-state index in [9.17, 15) is 28.1 Å². The Labute approximate surface area is 219 Å². The lowest BCUT2D eigenvalue weighted by Gasteiger charge is -2.09. The van der Waals surface area contributed by atoms with E-state index in [4.69, 9.17) is 16.3 Å². The van der Waals surface area contributed by atoms with Crippen molar-refractivity contribution in [3.8, 4) is 22.1 Å². The number of nitro benzene ring substituents is 1. The Morgan fingerprint density at radius 3 is 2.58 bits per heavy atom. The smallest absolute Gasteiger partial charge is 0.433 e. The fourth-order valence-corrected chi connectivity index (χ4v) is 4.26. The molecule has 0 saturated heterocycles. The SMILES string of the molecule is O=C(Nc1cc(Oc2cccc(Cl)c2)cc([N+](=O)[O-])c1)c1nc2nc(-c3cccs3)cc(C(F)(F)F)n2n1. The second kappa shape index (κ2) is 9.72. The van der Waals surface area contributed by atoms with Crippen molar-refractivity contribution in [1.29, 1.82) is 0 Å². The molecule has 0 aliphatic rings. The van der Waals surface area contributed by atoms with Crippen LogP contribution in [-0.2, 0) is 6.18 Å². The highest BCUT2D eigenvalue weighted by molar-refractivity contribution is 7.13. The van der Waals surface area contributed by atoms with Crippen molar-refractivity contribution in [1.82, 2.24) is 19.6 Å². The van der Waals surface area contributed by atoms with Gasteiger partial charge in [-0.05, 0) is 35.7 Å². The molecule has 0 fully saturated rings. The molecule has 0 aliphatic carbocycles. The minimum Gasteiger partial charge on any atom is -0.457 e. The van der Waals surface area contributed by atoms with Gasteiger partial charge in [-0.15, -0.1) is 16.4 Å². The van der Waals surface area contributed by atoms with Crippen molar-refractivity contribution in [2.45, 2.75) is 6.18 Å². The predicted octanol–water partition coefficient (Wildman–Crippen LogP) is 6.48. The van der Waals surface area contributed by atoms with Crippen molar-refractivity contribution >= 4 is 46.0 Å². The Kier molecular flexibility index (Phi) is 6.42. The van der Waals surface area contributed by atoms with Gasteiger partial charge in [-0.25, -0.2) is 4.98 Å². The molecule has 15 heteroatoms. The van der Waals surface area contributed by atoms with Gasteiger partial charge in [0.1, 0.15) is 11.5 Å². The van der Waals surface area contributed by atoms with Gasteiger partial charge in [0.15, 0.2) is 5.69 Å². The maximum Gasteiger partial charge on any atom is 0.433 e. The van der Waals surface area contributed by atoms with E-state index in [1.165, 1.54) is 23.5 Å². The normalized spacial score (nSPS) is 11.5. The molecule has 3 heterocycles. The van der Waals surface area contributed by atoms with Crippen LogP contribution >= 0.6 is 22.9 Å². The quantitative estimate of drug-likeness (QED) is 0.186. The topological polar surface area (TPSA) is 125 Å². The van der Waals surface area contributed by atoms with Crippen LogP contribution in [0.1, 0.15) is 16.3 Å². The number of benzene rings is 2. The van der Waals surface area contributed by atoms with E-state index in [2.05, 4.69) is 20.4 Å². The number of thiophene rings is 1. The van der Waals surface area contributed by atoms with Gasteiger partial charge in [-0.3, -0.25) is 14.9 Å². The van der Waals surface area contributed by atoms with Crippen LogP contribution in [0.5, 0.6) is 11.5 Å². The molecule has 0 bridgehead atoms. The zero-order chi connectivity index (χ0) is 27.0. The lowest BCUT2D eigenvalue weighted by Crippen LogP contribution is -2.16. The summed E-state index contributed by atoms with van der Waals surface area (Å²) in [6.45, 7) is 0. The van der Waals surface area contributed by atoms with Gasteiger partial charge in [0.05, 0.1) is 27.2 Å². The minimum atomic E-state index is -4.82. The fourth-order valence-electron chi connectivity index (χ4n) is 3.39. The molecule has 5 aromatic rings. The summed E-state index contributed by atoms with van der Waals surface area (Å²) in [7, 11) is 0. The first-order chi connectivity index (χ1) is 18.1. The van der Waals surface area contributed by atoms with Crippen molar-refractivity contribution in [2.75, 3.05) is 5.32 Å². The number of nitrogens with one attached hydrogen (secondary N) is 1. The number of anilines is 1. The number of carbonyl (C=O) groups is 1. The number of amides is 1. The summed E-state index contributed by atoms with van der Waals surface area (Å²) in [4.78, 5) is 32.0. The number of alkyl halides is 3. The number of ether oxygens (including phenoxy) is 1. The first kappa shape index (κ1) is 25.1. The summed E-state index contributed by atoms with van der Waals surface area (Å²) in [6.07, 6.45) is -4.82. The van der Waals surface area contributed by atoms with Gasteiger partial charge in [-0.1, -0.05) is 23.7 Å². The Hall–Kier alpha value is -4.56. The van der Waals surface area contributed by atoms with Crippen LogP contribution in [0.25, 0.3) is 16.3 Å². The van der Waals surface area contributed by atoms with E-state index < -0.39 is 40.0 Å². The first-order valence-electron chi connectivity index (χ1n) is 10.5. The predicted molar refractivity (Wildman–Crippen MR) is 132 cm³/mol. The summed E-state index contributed by atoms with van der Waals surface area (Å²) in [6, 6.07) is 13.8. The number of rotatable bonds is 6. The summed E-state index contributed by atoms with van der Waals surface area (Å²) >= 11 is 7.12. The minimum absolute atomic E-state index is 0.00124. The van der Waals surface area contributed by atoms with Crippen molar-refractivity contribution < 1.29 is 27.6 Å². The Morgan fingerprint density at radius 2 is 1.89 bits per heavy atom. The van der Waals surface area contributed by atoms with Crippen molar-refractivity contribution in [2.24, 2.45) is 0 Å². The molecule has 0 saturated carbocycles. The second-order valence-corrected chi connectivity index (χ2v) is 9.02. The maximum atomic E-state index is 13.8. The number of fused-ring (bicyclic) bond motifs is 1. The second-order valence-electron chi connectivity index (χ2n) is 7.64. The summed E-state index contributed by atoms with van der Waals surface area (Å²) in [5.74, 6) is -1.81. The Morgan fingerprint density at radius 1 is 1.08 bits per heavy atom. The van der Waals surface area contributed by atoms with E-state index in [0.29, 0.717) is 14.4 Å². The number of aromatic nitrogens is 4. The van der Waals surface area contributed by atoms with Gasteiger partial charge in [0.25, 0.3) is 17.4 Å². The molecule has 10 nitrogen and oxygen atoms in total. The number of non-ortho nitro benzene ring substituents is 1. The van der Waals surface area contributed by atoms with E-state index >= 15 is 0 Å². The van der Waals surface area contributed by atoms with Gasteiger partial charge in [0, 0.05) is 17.2 Å². The molecular formula is C23H12ClF3N6O4S. The van der Waals surface area contributed by atoms with Crippen LogP contribution < -0.4 is 10.1 Å². The zero-order valence-corrected chi connectivity index (χ0v) is 20.2. The summed E-state index contributed by atoms with van der Waals surface area (Å²) < 4.78 is 47.3. The highest BCUT2D eigenvalue weighted by atomic mass is 35.5. The lowest BCUT2D eigenvalue weighted by atomic mass is 10.2. The number of hydrogen-bond acceptors (Lipinski definition) is 8. The summed E-state index contributed by atoms with van der Waals surface area (Å²) in [5, 5.41) is 19.5. The van der Waals surface area contributed by atoms with E-state index in [1.54, 1.807) is 35.7 Å². The van der Waals surface area contributed by atoms with Gasteiger partial charge in [0.2, 0.25) is 5.82 Å². The van der Waals surface area contributed by atoms with Crippen LogP contribution in [-0.4, -0.2) is 30.4 Å². The molecular weight excluding hydrogens is 549 g/mol. The average molecular weight is 561 g/mol. The lowest BCUT2D eigenvalue weighted by molar-refractivity contribution is -0.384. The van der Waals surface area contributed by atoms with Gasteiger partial charge >= 0.3 is 6.18 Å². The molecule has 0 spiro atoms. The van der Waals surface area contributed by atoms with Crippen molar-refractivity contribution in [3.05, 3.63) is 92.7 Å². The molecule has 0 atom stereocenters. The molecule has 38 heavy (non-hydrogen) atoms. The van der Waals surface area contributed by atoms with Gasteiger partial charge < -0.3 is 10.1 Å². The Balaban J connectivity index is 1.49. The maximum absolute atomic E-state index is 13.8. The number of nitrogens with zero attached hydrogens (tertiary/aromatic N) is 5. The third kappa shape index (κ3) is 5.26. The first-order valence-corrected chi connectivity index (χ1v) is 11.8.